The summed E-state index contributed by atoms with van der Waals surface area (Å²) >= 11 is 0. The zero-order valence-corrected chi connectivity index (χ0v) is 20.9. The first-order valence-electron chi connectivity index (χ1n) is 11.7. The highest BCUT2D eigenvalue weighted by atomic mass is 28.4. The van der Waals surface area contributed by atoms with Gasteiger partial charge in [0.05, 0.1) is 19.3 Å². The highest BCUT2D eigenvalue weighted by Gasteiger charge is 2.53. The summed E-state index contributed by atoms with van der Waals surface area (Å²) in [6.07, 6.45) is -2.34. The molecule has 0 bridgehead atoms. The average Bonchev–Trinajstić information content (AvgIpc) is 2.80. The van der Waals surface area contributed by atoms with Gasteiger partial charge in [-0.15, -0.1) is 0 Å². The van der Waals surface area contributed by atoms with E-state index in [1.54, 1.807) is 0 Å². The molecule has 0 aliphatic carbocycles. The van der Waals surface area contributed by atoms with Gasteiger partial charge in [0, 0.05) is 11.5 Å². The Morgan fingerprint density at radius 1 is 1.00 bits per heavy atom. The lowest BCUT2D eigenvalue weighted by atomic mass is 9.81. The highest BCUT2D eigenvalue weighted by Crippen LogP contribution is 2.47. The Morgan fingerprint density at radius 3 is 2.27 bits per heavy atom. The first-order valence-corrected chi connectivity index (χ1v) is 14.6. The second-order valence-corrected chi connectivity index (χ2v) is 14.8. The van der Waals surface area contributed by atoms with Crippen LogP contribution < -0.4 is 0 Å². The van der Waals surface area contributed by atoms with Gasteiger partial charge in [-0.25, -0.2) is 0 Å². The van der Waals surface area contributed by atoms with Crippen LogP contribution in [0.2, 0.25) is 18.1 Å². The molecule has 2 aliphatic rings. The van der Waals surface area contributed by atoms with Gasteiger partial charge in [0.15, 0.2) is 20.9 Å². The number of fused-ring (bicyclic) bond motifs is 1. The summed E-state index contributed by atoms with van der Waals surface area (Å²) in [5.74, 6) is -0.270. The van der Waals surface area contributed by atoms with Crippen LogP contribution in [0, 0.1) is 5.92 Å². The van der Waals surface area contributed by atoms with Gasteiger partial charge in [-0.05, 0) is 30.1 Å². The quantitative estimate of drug-likeness (QED) is 0.582. The van der Waals surface area contributed by atoms with Crippen LogP contribution in [0.15, 0.2) is 60.7 Å². The van der Waals surface area contributed by atoms with Crippen molar-refractivity contribution in [2.75, 3.05) is 6.61 Å². The van der Waals surface area contributed by atoms with Gasteiger partial charge in [0.25, 0.3) is 0 Å². The minimum Gasteiger partial charge on any atom is -0.432 e. The summed E-state index contributed by atoms with van der Waals surface area (Å²) in [6.45, 7) is 8.71. The summed E-state index contributed by atoms with van der Waals surface area (Å²) in [4.78, 5) is 10.9. The maximum Gasteiger partial charge on any atom is 0.188 e. The average molecular weight is 473 g/mol. The number of aliphatic hydroxyl groups is 1. The van der Waals surface area contributed by atoms with Crippen molar-refractivity contribution in [3.05, 3.63) is 71.8 Å². The molecule has 180 valence electrons. The molecule has 0 spiro atoms. The standard InChI is InChI=1S/C26H36O6Si/c1-26(2,33(3,4)28)15-20-22(27)25(29-16-18-11-7-5-8-12-18)31-21-17-30-24(32-23(20)21)19-13-9-6-10-14-19/h5-14,20-25,27-28H,15-17H2,1-4H3/t20-,21-,22+,23+,24?,25+/m1/s1. The monoisotopic (exact) mass is 472 g/mol. The smallest absolute Gasteiger partial charge is 0.188 e. The number of aliphatic hydroxyl groups excluding tert-OH is 1. The molecular weight excluding hydrogens is 436 g/mol. The molecule has 2 aromatic rings. The topological polar surface area (TPSA) is 77.4 Å². The fraction of sp³-hybridized carbons (Fsp3) is 0.538. The molecule has 7 heteroatoms. The Balaban J connectivity index is 1.55. The van der Waals surface area contributed by atoms with Crippen LogP contribution in [-0.2, 0) is 25.6 Å². The molecule has 33 heavy (non-hydrogen) atoms. The van der Waals surface area contributed by atoms with Gasteiger partial charge in [0.2, 0.25) is 0 Å². The van der Waals surface area contributed by atoms with E-state index in [-0.39, 0.29) is 23.2 Å². The Morgan fingerprint density at radius 2 is 1.64 bits per heavy atom. The van der Waals surface area contributed by atoms with Crippen LogP contribution in [0.3, 0.4) is 0 Å². The van der Waals surface area contributed by atoms with E-state index >= 15 is 0 Å². The van der Waals surface area contributed by atoms with Crippen LogP contribution in [0.1, 0.15) is 37.7 Å². The number of ether oxygens (including phenoxy) is 4. The number of hydrogen-bond acceptors (Lipinski definition) is 6. The van der Waals surface area contributed by atoms with E-state index in [1.807, 2.05) is 73.8 Å². The van der Waals surface area contributed by atoms with Crippen LogP contribution in [0.25, 0.3) is 0 Å². The van der Waals surface area contributed by atoms with E-state index in [0.717, 1.165) is 11.1 Å². The Hall–Kier alpha value is -1.58. The van der Waals surface area contributed by atoms with Crippen LogP contribution in [0.4, 0.5) is 0 Å². The summed E-state index contributed by atoms with van der Waals surface area (Å²) in [5, 5.41) is 11.1. The normalized spacial score (nSPS) is 30.6. The SMILES string of the molecule is CC(C)(C[C@@H]1[C@H](O)[C@@H](OCc2ccccc2)O[C@@H]2COC(c3ccccc3)O[C@@H]12)[Si](C)(C)O. The highest BCUT2D eigenvalue weighted by molar-refractivity contribution is 6.72. The second kappa shape index (κ2) is 9.96. The Bertz CT molecular complexity index is 885. The molecule has 6 atom stereocenters. The lowest BCUT2D eigenvalue weighted by Gasteiger charge is -2.50. The fourth-order valence-corrected chi connectivity index (χ4v) is 5.18. The van der Waals surface area contributed by atoms with Crippen LogP contribution >= 0.6 is 0 Å². The van der Waals surface area contributed by atoms with Gasteiger partial charge >= 0.3 is 0 Å². The molecule has 0 radical (unpaired) electrons. The largest absolute Gasteiger partial charge is 0.432 e. The molecular formula is C26H36O6Si. The molecule has 2 saturated heterocycles. The third-order valence-electron chi connectivity index (χ3n) is 7.24. The number of hydrogen-bond donors (Lipinski definition) is 2. The summed E-state index contributed by atoms with van der Waals surface area (Å²) < 4.78 is 24.6. The molecule has 4 rings (SSSR count). The van der Waals surface area contributed by atoms with Gasteiger partial charge in [0.1, 0.15) is 12.2 Å². The van der Waals surface area contributed by atoms with Crippen molar-refractivity contribution in [2.45, 2.75) is 75.9 Å². The molecule has 1 unspecified atom stereocenters. The minimum absolute atomic E-state index is 0.270. The molecule has 2 heterocycles. The maximum atomic E-state index is 11.4. The van der Waals surface area contributed by atoms with E-state index in [9.17, 15) is 9.90 Å². The van der Waals surface area contributed by atoms with Gasteiger partial charge in [-0.1, -0.05) is 74.5 Å². The van der Waals surface area contributed by atoms with E-state index in [0.29, 0.717) is 19.6 Å². The third-order valence-corrected chi connectivity index (χ3v) is 10.8. The molecule has 6 nitrogen and oxygen atoms in total. The molecule has 0 saturated carbocycles. The predicted molar refractivity (Wildman–Crippen MR) is 128 cm³/mol. The molecule has 2 aromatic carbocycles. The van der Waals surface area contributed by atoms with E-state index in [2.05, 4.69) is 13.8 Å². The predicted octanol–water partition coefficient (Wildman–Crippen LogP) is 4.39. The molecule has 2 fully saturated rings. The van der Waals surface area contributed by atoms with Crippen molar-refractivity contribution >= 4 is 8.32 Å². The van der Waals surface area contributed by atoms with Crippen molar-refractivity contribution in [2.24, 2.45) is 5.92 Å². The minimum atomic E-state index is -2.51. The van der Waals surface area contributed by atoms with E-state index in [1.165, 1.54) is 0 Å². The number of benzene rings is 2. The van der Waals surface area contributed by atoms with E-state index < -0.39 is 27.0 Å². The van der Waals surface area contributed by atoms with Crippen molar-refractivity contribution in [3.8, 4) is 0 Å². The number of rotatable bonds is 7. The lowest BCUT2D eigenvalue weighted by Crippen LogP contribution is -2.60. The van der Waals surface area contributed by atoms with Gasteiger partial charge in [-0.2, -0.15) is 0 Å². The molecule has 0 amide bonds. The maximum absolute atomic E-state index is 11.4. The van der Waals surface area contributed by atoms with Crippen LogP contribution in [0.5, 0.6) is 0 Å². The Kier molecular flexibility index (Phi) is 7.40. The first kappa shape index (κ1) is 24.5. The molecule has 0 aromatic heterocycles. The van der Waals surface area contributed by atoms with Crippen LogP contribution in [-0.4, -0.2) is 49.4 Å². The van der Waals surface area contributed by atoms with Crippen molar-refractivity contribution in [1.82, 2.24) is 0 Å². The van der Waals surface area contributed by atoms with Crippen molar-refractivity contribution in [1.29, 1.82) is 0 Å². The molecule has 2 N–H and O–H groups in total. The van der Waals surface area contributed by atoms with Gasteiger partial charge < -0.3 is 28.8 Å². The first-order chi connectivity index (χ1) is 15.7. The summed E-state index contributed by atoms with van der Waals surface area (Å²) in [7, 11) is -2.51. The zero-order chi connectivity index (χ0) is 23.6. The summed E-state index contributed by atoms with van der Waals surface area (Å²) in [5.41, 5.74) is 1.94. The van der Waals surface area contributed by atoms with Crippen molar-refractivity contribution < 1.29 is 28.8 Å². The molecule has 2 aliphatic heterocycles. The zero-order valence-electron chi connectivity index (χ0n) is 19.9. The Labute approximate surface area is 197 Å². The fourth-order valence-electron chi connectivity index (χ4n) is 4.44. The lowest BCUT2D eigenvalue weighted by molar-refractivity contribution is -0.356. The van der Waals surface area contributed by atoms with Crippen molar-refractivity contribution in [3.63, 3.8) is 0 Å². The van der Waals surface area contributed by atoms with E-state index in [4.69, 9.17) is 18.9 Å². The van der Waals surface area contributed by atoms with Gasteiger partial charge in [-0.3, -0.25) is 0 Å². The summed E-state index contributed by atoms with van der Waals surface area (Å²) in [6, 6.07) is 19.6. The third kappa shape index (κ3) is 5.57. The second-order valence-electron chi connectivity index (χ2n) is 10.3.